The molecule has 4 nitrogen and oxygen atoms in total. The van der Waals surface area contributed by atoms with Gasteiger partial charge in [-0.1, -0.05) is 49.2 Å². The van der Waals surface area contributed by atoms with Gasteiger partial charge >= 0.3 is 5.97 Å². The molecular formula is C25H32N2O2. The van der Waals surface area contributed by atoms with E-state index < -0.39 is 5.97 Å². The number of carboxylic acid groups (broad SMARTS) is 1. The molecule has 1 aliphatic carbocycles. The Bertz CT molecular complexity index is 803. The second-order valence-corrected chi connectivity index (χ2v) is 8.54. The number of benzene rings is 2. The van der Waals surface area contributed by atoms with Crippen LogP contribution in [-0.2, 0) is 17.6 Å². The zero-order valence-electron chi connectivity index (χ0n) is 17.4. The lowest BCUT2D eigenvalue weighted by atomic mass is 9.83. The van der Waals surface area contributed by atoms with Gasteiger partial charge in [-0.25, -0.2) is 0 Å². The number of para-hydroxylation sites is 2. The van der Waals surface area contributed by atoms with Gasteiger partial charge in [0.1, 0.15) is 0 Å². The maximum Gasteiger partial charge on any atom is 0.308 e. The number of nitrogens with zero attached hydrogens (tertiary/aromatic N) is 2. The van der Waals surface area contributed by atoms with Gasteiger partial charge in [0.2, 0.25) is 0 Å². The molecule has 154 valence electrons. The van der Waals surface area contributed by atoms with Gasteiger partial charge in [-0.2, -0.15) is 0 Å². The van der Waals surface area contributed by atoms with Crippen molar-refractivity contribution < 1.29 is 9.90 Å². The number of fused-ring (bicyclic) bond motifs is 2. The minimum atomic E-state index is -0.628. The summed E-state index contributed by atoms with van der Waals surface area (Å²) >= 11 is 0. The number of carboxylic acids is 1. The zero-order chi connectivity index (χ0) is 20.2. The standard InChI is InChI=1S/C25H32N2O2/c1-26(24-14-7-4-11-21(24)25(28)29)17-8-18-27-22-12-5-2-9-19(22)15-16-20-10-3-6-13-23(20)27/h2-3,5-6,9-10,12-13,21,24H,4,7-8,11,14-18H2,1H3,(H,28,29). The third-order valence-electron chi connectivity index (χ3n) is 6.73. The average Bonchev–Trinajstić information content (AvgIpc) is 2.91. The van der Waals surface area contributed by atoms with Crippen LogP contribution in [0, 0.1) is 5.92 Å². The molecular weight excluding hydrogens is 360 g/mol. The highest BCUT2D eigenvalue weighted by Gasteiger charge is 2.33. The fourth-order valence-electron chi connectivity index (χ4n) is 5.18. The highest BCUT2D eigenvalue weighted by Crippen LogP contribution is 2.36. The van der Waals surface area contributed by atoms with E-state index in [0.29, 0.717) is 0 Å². The number of aliphatic carboxylic acids is 1. The molecule has 2 aromatic carbocycles. The van der Waals surface area contributed by atoms with Crippen molar-refractivity contribution in [3.05, 3.63) is 59.7 Å². The largest absolute Gasteiger partial charge is 0.481 e. The van der Waals surface area contributed by atoms with Crippen LogP contribution in [0.25, 0.3) is 0 Å². The lowest BCUT2D eigenvalue weighted by Gasteiger charge is -2.36. The molecule has 29 heavy (non-hydrogen) atoms. The van der Waals surface area contributed by atoms with E-state index in [1.807, 2.05) is 0 Å². The smallest absolute Gasteiger partial charge is 0.308 e. The van der Waals surface area contributed by atoms with Gasteiger partial charge in [0.05, 0.1) is 5.92 Å². The Morgan fingerprint density at radius 2 is 1.59 bits per heavy atom. The van der Waals surface area contributed by atoms with Crippen molar-refractivity contribution in [3.8, 4) is 0 Å². The second-order valence-electron chi connectivity index (χ2n) is 8.54. The second kappa shape index (κ2) is 9.00. The molecule has 2 aromatic rings. The molecule has 1 aliphatic heterocycles. The first-order valence-corrected chi connectivity index (χ1v) is 11.0. The monoisotopic (exact) mass is 392 g/mol. The highest BCUT2D eigenvalue weighted by molar-refractivity contribution is 5.71. The number of aryl methyl sites for hydroxylation is 2. The van der Waals surface area contributed by atoms with E-state index in [9.17, 15) is 9.90 Å². The van der Waals surface area contributed by atoms with Crippen LogP contribution in [0.4, 0.5) is 11.4 Å². The summed E-state index contributed by atoms with van der Waals surface area (Å²) in [5, 5.41) is 9.60. The minimum Gasteiger partial charge on any atom is -0.481 e. The van der Waals surface area contributed by atoms with Crippen LogP contribution in [0.15, 0.2) is 48.5 Å². The topological polar surface area (TPSA) is 43.8 Å². The summed E-state index contributed by atoms with van der Waals surface area (Å²) in [7, 11) is 2.11. The van der Waals surface area contributed by atoms with Gasteiger partial charge in [0.15, 0.2) is 0 Å². The Hall–Kier alpha value is -2.33. The normalized spacial score (nSPS) is 21.4. The Morgan fingerprint density at radius 3 is 2.21 bits per heavy atom. The van der Waals surface area contributed by atoms with E-state index in [0.717, 1.165) is 58.0 Å². The van der Waals surface area contributed by atoms with E-state index in [1.54, 1.807) is 0 Å². The summed E-state index contributed by atoms with van der Waals surface area (Å²) in [5.74, 6) is -0.842. The molecule has 4 heteroatoms. The van der Waals surface area contributed by atoms with Crippen LogP contribution in [0.5, 0.6) is 0 Å². The van der Waals surface area contributed by atoms with Crippen molar-refractivity contribution in [1.82, 2.24) is 4.90 Å². The molecule has 1 fully saturated rings. The van der Waals surface area contributed by atoms with E-state index in [1.165, 1.54) is 22.5 Å². The van der Waals surface area contributed by atoms with Gasteiger partial charge < -0.3 is 14.9 Å². The van der Waals surface area contributed by atoms with E-state index in [-0.39, 0.29) is 12.0 Å². The lowest BCUT2D eigenvalue weighted by molar-refractivity contribution is -0.145. The van der Waals surface area contributed by atoms with Crippen LogP contribution >= 0.6 is 0 Å². The number of rotatable bonds is 6. The lowest BCUT2D eigenvalue weighted by Crippen LogP contribution is -2.44. The molecule has 2 unspecified atom stereocenters. The maximum absolute atomic E-state index is 11.7. The van der Waals surface area contributed by atoms with Gasteiger partial charge in [-0.05, 0) is 69.0 Å². The third-order valence-corrected chi connectivity index (χ3v) is 6.73. The fraction of sp³-hybridized carbons (Fsp3) is 0.480. The van der Waals surface area contributed by atoms with Crippen molar-refractivity contribution >= 4 is 17.3 Å². The molecule has 2 atom stereocenters. The van der Waals surface area contributed by atoms with Crippen molar-refractivity contribution in [2.24, 2.45) is 5.92 Å². The van der Waals surface area contributed by atoms with Crippen LogP contribution < -0.4 is 4.90 Å². The molecule has 0 aromatic heterocycles. The summed E-state index contributed by atoms with van der Waals surface area (Å²) in [6.45, 7) is 1.87. The number of hydrogen-bond donors (Lipinski definition) is 1. The number of anilines is 2. The number of carbonyl (C=O) groups is 1. The van der Waals surface area contributed by atoms with E-state index in [2.05, 4.69) is 65.4 Å². The van der Waals surface area contributed by atoms with Gasteiger partial charge in [0, 0.05) is 24.0 Å². The Labute approximate surface area is 174 Å². The molecule has 4 rings (SSSR count). The molecule has 0 saturated heterocycles. The first-order valence-electron chi connectivity index (χ1n) is 11.0. The summed E-state index contributed by atoms with van der Waals surface area (Å²) in [4.78, 5) is 16.4. The van der Waals surface area contributed by atoms with Crippen molar-refractivity contribution in [1.29, 1.82) is 0 Å². The predicted molar refractivity (Wildman–Crippen MR) is 118 cm³/mol. The van der Waals surface area contributed by atoms with Gasteiger partial charge in [-0.15, -0.1) is 0 Å². The summed E-state index contributed by atoms with van der Waals surface area (Å²) in [6, 6.07) is 17.7. The van der Waals surface area contributed by atoms with Crippen molar-refractivity contribution in [2.75, 3.05) is 25.0 Å². The first-order chi connectivity index (χ1) is 14.1. The molecule has 2 aliphatic rings. The van der Waals surface area contributed by atoms with Gasteiger partial charge in [0.25, 0.3) is 0 Å². The van der Waals surface area contributed by atoms with E-state index >= 15 is 0 Å². The Morgan fingerprint density at radius 1 is 1.00 bits per heavy atom. The minimum absolute atomic E-state index is 0.171. The average molecular weight is 393 g/mol. The molecule has 0 radical (unpaired) electrons. The first kappa shape index (κ1) is 20.0. The van der Waals surface area contributed by atoms with Gasteiger partial charge in [-0.3, -0.25) is 4.79 Å². The van der Waals surface area contributed by atoms with Crippen LogP contribution in [0.3, 0.4) is 0 Å². The zero-order valence-corrected chi connectivity index (χ0v) is 17.4. The quantitative estimate of drug-likeness (QED) is 0.760. The molecule has 1 heterocycles. The molecule has 0 spiro atoms. The SMILES string of the molecule is CN(CCCN1c2ccccc2CCc2ccccc21)C1CCCCC1C(=O)O. The third kappa shape index (κ3) is 4.32. The van der Waals surface area contributed by atoms with Crippen LogP contribution in [-0.4, -0.2) is 42.2 Å². The maximum atomic E-state index is 11.7. The van der Waals surface area contributed by atoms with E-state index in [4.69, 9.17) is 0 Å². The molecule has 1 saturated carbocycles. The Balaban J connectivity index is 1.47. The fourth-order valence-corrected chi connectivity index (χ4v) is 5.18. The van der Waals surface area contributed by atoms with Crippen LogP contribution in [0.1, 0.15) is 43.2 Å². The molecule has 0 amide bonds. The molecule has 1 N–H and O–H groups in total. The highest BCUT2D eigenvalue weighted by atomic mass is 16.4. The van der Waals surface area contributed by atoms with Crippen molar-refractivity contribution in [2.45, 2.75) is 51.0 Å². The van der Waals surface area contributed by atoms with Crippen LogP contribution in [0.2, 0.25) is 0 Å². The Kier molecular flexibility index (Phi) is 6.19. The number of hydrogen-bond acceptors (Lipinski definition) is 3. The summed E-state index contributed by atoms with van der Waals surface area (Å²) < 4.78 is 0. The summed E-state index contributed by atoms with van der Waals surface area (Å²) in [5.41, 5.74) is 5.47. The predicted octanol–water partition coefficient (Wildman–Crippen LogP) is 4.89. The molecule has 0 bridgehead atoms. The van der Waals surface area contributed by atoms with Crippen molar-refractivity contribution in [3.63, 3.8) is 0 Å². The summed E-state index contributed by atoms with van der Waals surface area (Å²) in [6.07, 6.45) is 7.17.